The first-order chi connectivity index (χ1) is 8.74. The number of esters is 1. The molecule has 1 fully saturated rings. The molecule has 0 unspecified atom stereocenters. The van der Waals surface area contributed by atoms with Crippen molar-refractivity contribution in [1.82, 2.24) is 0 Å². The molecule has 1 aliphatic carbocycles. The smallest absolute Gasteiger partial charge is 0.308 e. The van der Waals surface area contributed by atoms with Crippen LogP contribution < -0.4 is 4.74 Å². The molecule has 2 rings (SSSR count). The van der Waals surface area contributed by atoms with Gasteiger partial charge in [0.05, 0.1) is 20.1 Å². The average Bonchev–Trinajstić information content (AvgIpc) is 2.47. The summed E-state index contributed by atoms with van der Waals surface area (Å²) in [5.74, 6) is 1.51. The van der Waals surface area contributed by atoms with E-state index in [9.17, 15) is 4.79 Å². The van der Waals surface area contributed by atoms with E-state index < -0.39 is 0 Å². The molecule has 1 aromatic carbocycles. The summed E-state index contributed by atoms with van der Waals surface area (Å²) in [7, 11) is 3.15. The van der Waals surface area contributed by atoms with Crippen molar-refractivity contribution in [3.63, 3.8) is 0 Å². The molecule has 3 nitrogen and oxygen atoms in total. The zero-order valence-corrected chi connectivity index (χ0v) is 11.0. The van der Waals surface area contributed by atoms with Crippen molar-refractivity contribution in [1.29, 1.82) is 0 Å². The minimum absolute atomic E-state index is 0.0526. The second kappa shape index (κ2) is 5.89. The number of hydrogen-bond donors (Lipinski definition) is 0. The van der Waals surface area contributed by atoms with Gasteiger partial charge in [-0.15, -0.1) is 0 Å². The van der Waals surface area contributed by atoms with Crippen molar-refractivity contribution in [2.45, 2.75) is 31.6 Å². The zero-order chi connectivity index (χ0) is 13.0. The fraction of sp³-hybridized carbons (Fsp3) is 0.533. The highest BCUT2D eigenvalue weighted by Crippen LogP contribution is 2.36. The molecule has 0 aromatic heterocycles. The Morgan fingerprint density at radius 3 is 2.17 bits per heavy atom. The fourth-order valence-corrected chi connectivity index (χ4v) is 2.71. The third-order valence-electron chi connectivity index (χ3n) is 3.85. The highest BCUT2D eigenvalue weighted by atomic mass is 16.5. The highest BCUT2D eigenvalue weighted by Gasteiger charge is 2.27. The van der Waals surface area contributed by atoms with Crippen molar-refractivity contribution in [2.75, 3.05) is 14.2 Å². The first-order valence-electron chi connectivity index (χ1n) is 6.46. The van der Waals surface area contributed by atoms with Crippen molar-refractivity contribution < 1.29 is 14.3 Å². The van der Waals surface area contributed by atoms with Gasteiger partial charge in [-0.2, -0.15) is 0 Å². The van der Waals surface area contributed by atoms with Crippen LogP contribution in [0.15, 0.2) is 24.3 Å². The van der Waals surface area contributed by atoms with E-state index in [1.807, 2.05) is 12.1 Å². The standard InChI is InChI=1S/C15H20O3/c1-17-14-9-7-12(8-10-14)11-3-5-13(6-4-11)15(16)18-2/h7-11,13H,3-6H2,1-2H3/t11-,13-. The maximum absolute atomic E-state index is 11.5. The van der Waals surface area contributed by atoms with Crippen LogP contribution in [0.25, 0.3) is 0 Å². The van der Waals surface area contributed by atoms with Crippen molar-refractivity contribution in [3.8, 4) is 5.75 Å². The molecule has 98 valence electrons. The zero-order valence-electron chi connectivity index (χ0n) is 11.0. The largest absolute Gasteiger partial charge is 0.497 e. The molecule has 0 heterocycles. The second-order valence-electron chi connectivity index (χ2n) is 4.84. The first-order valence-corrected chi connectivity index (χ1v) is 6.46. The van der Waals surface area contributed by atoms with Gasteiger partial charge >= 0.3 is 5.97 Å². The van der Waals surface area contributed by atoms with Gasteiger partial charge in [-0.25, -0.2) is 0 Å². The van der Waals surface area contributed by atoms with E-state index in [-0.39, 0.29) is 11.9 Å². The lowest BCUT2D eigenvalue weighted by atomic mass is 9.79. The van der Waals surface area contributed by atoms with E-state index in [4.69, 9.17) is 9.47 Å². The van der Waals surface area contributed by atoms with Gasteiger partial charge in [0.25, 0.3) is 0 Å². The summed E-state index contributed by atoms with van der Waals surface area (Å²) in [6, 6.07) is 8.26. The Morgan fingerprint density at radius 1 is 1.06 bits per heavy atom. The number of carbonyl (C=O) groups is 1. The van der Waals surface area contributed by atoms with Gasteiger partial charge in [0.15, 0.2) is 0 Å². The Balaban J connectivity index is 1.94. The maximum Gasteiger partial charge on any atom is 0.308 e. The molecule has 1 aromatic rings. The van der Waals surface area contributed by atoms with Crippen molar-refractivity contribution in [2.24, 2.45) is 5.92 Å². The summed E-state index contributed by atoms with van der Waals surface area (Å²) in [6.07, 6.45) is 3.99. The van der Waals surface area contributed by atoms with E-state index in [0.29, 0.717) is 5.92 Å². The number of hydrogen-bond acceptors (Lipinski definition) is 3. The molecule has 0 bridgehead atoms. The molecule has 0 radical (unpaired) electrons. The predicted molar refractivity (Wildman–Crippen MR) is 69.7 cm³/mol. The molecule has 0 aliphatic heterocycles. The van der Waals surface area contributed by atoms with E-state index in [1.54, 1.807) is 7.11 Å². The van der Waals surface area contributed by atoms with Crippen LogP contribution in [0.3, 0.4) is 0 Å². The number of rotatable bonds is 3. The molecular weight excluding hydrogens is 228 g/mol. The SMILES string of the molecule is COc1ccc([C@H]2CC[C@H](C(=O)OC)CC2)cc1. The lowest BCUT2D eigenvalue weighted by Gasteiger charge is -2.27. The van der Waals surface area contributed by atoms with Gasteiger partial charge in [0.2, 0.25) is 0 Å². The van der Waals surface area contributed by atoms with Gasteiger partial charge in [-0.05, 0) is 49.3 Å². The molecule has 0 amide bonds. The monoisotopic (exact) mass is 248 g/mol. The number of benzene rings is 1. The van der Waals surface area contributed by atoms with E-state index in [0.717, 1.165) is 31.4 Å². The Bertz CT molecular complexity index is 389. The first kappa shape index (κ1) is 12.9. The quantitative estimate of drug-likeness (QED) is 0.771. The molecule has 0 saturated heterocycles. The second-order valence-corrected chi connectivity index (χ2v) is 4.84. The van der Waals surface area contributed by atoms with Crippen LogP contribution in [-0.2, 0) is 9.53 Å². The highest BCUT2D eigenvalue weighted by molar-refractivity contribution is 5.72. The maximum atomic E-state index is 11.5. The van der Waals surface area contributed by atoms with E-state index in [2.05, 4.69) is 12.1 Å². The summed E-state index contributed by atoms with van der Waals surface area (Å²) in [6.45, 7) is 0. The minimum atomic E-state index is -0.0526. The van der Waals surface area contributed by atoms with Crippen LogP contribution in [0.5, 0.6) is 5.75 Å². The van der Waals surface area contributed by atoms with E-state index >= 15 is 0 Å². The minimum Gasteiger partial charge on any atom is -0.497 e. The summed E-state index contributed by atoms with van der Waals surface area (Å²) in [5, 5.41) is 0. The molecular formula is C15H20O3. The molecule has 0 spiro atoms. The lowest BCUT2D eigenvalue weighted by molar-refractivity contribution is -0.146. The molecule has 18 heavy (non-hydrogen) atoms. The Morgan fingerprint density at radius 2 is 1.67 bits per heavy atom. The predicted octanol–water partition coefficient (Wildman–Crippen LogP) is 3.14. The third kappa shape index (κ3) is 2.84. The van der Waals surface area contributed by atoms with Gasteiger partial charge in [-0.3, -0.25) is 4.79 Å². The normalized spacial score (nSPS) is 23.4. The number of ether oxygens (including phenoxy) is 2. The Kier molecular flexibility index (Phi) is 4.24. The number of methoxy groups -OCH3 is 2. The number of carbonyl (C=O) groups excluding carboxylic acids is 1. The average molecular weight is 248 g/mol. The van der Waals surface area contributed by atoms with Crippen molar-refractivity contribution in [3.05, 3.63) is 29.8 Å². The summed E-state index contributed by atoms with van der Waals surface area (Å²) >= 11 is 0. The Labute approximate surface area is 108 Å². The summed E-state index contributed by atoms with van der Waals surface area (Å²) < 4.78 is 9.96. The topological polar surface area (TPSA) is 35.5 Å². The van der Waals surface area contributed by atoms with Crippen LogP contribution in [0, 0.1) is 5.92 Å². The molecule has 1 aliphatic rings. The van der Waals surface area contributed by atoms with Crippen LogP contribution in [0.1, 0.15) is 37.2 Å². The van der Waals surface area contributed by atoms with Crippen LogP contribution >= 0.6 is 0 Å². The molecule has 0 N–H and O–H groups in total. The Hall–Kier alpha value is -1.51. The van der Waals surface area contributed by atoms with Crippen molar-refractivity contribution >= 4 is 5.97 Å². The summed E-state index contributed by atoms with van der Waals surface area (Å²) in [4.78, 5) is 11.5. The van der Waals surface area contributed by atoms with Gasteiger partial charge < -0.3 is 9.47 Å². The van der Waals surface area contributed by atoms with Gasteiger partial charge in [0, 0.05) is 0 Å². The van der Waals surface area contributed by atoms with Gasteiger partial charge in [0.1, 0.15) is 5.75 Å². The van der Waals surface area contributed by atoms with Gasteiger partial charge in [-0.1, -0.05) is 12.1 Å². The lowest BCUT2D eigenvalue weighted by Crippen LogP contribution is -2.22. The molecule has 0 atom stereocenters. The fourth-order valence-electron chi connectivity index (χ4n) is 2.71. The van der Waals surface area contributed by atoms with Crippen LogP contribution in [0.2, 0.25) is 0 Å². The molecule has 1 saturated carbocycles. The van der Waals surface area contributed by atoms with Crippen LogP contribution in [0.4, 0.5) is 0 Å². The summed E-state index contributed by atoms with van der Waals surface area (Å²) in [5.41, 5.74) is 1.35. The van der Waals surface area contributed by atoms with E-state index in [1.165, 1.54) is 12.7 Å². The third-order valence-corrected chi connectivity index (χ3v) is 3.85. The molecule has 3 heteroatoms. The van der Waals surface area contributed by atoms with Crippen LogP contribution in [-0.4, -0.2) is 20.2 Å².